The SMILES string of the molecule is N#Cc1cccc(-c2ccc3c4ccccc4n(-c4cc(C#N)cc(-n5c6ccccc6c6ccc(-c7cccc(C#N)c7)cc65)c4-c4cc(C#N)cc(C(F)(F)F)c4)c3c2)c1. The summed E-state index contributed by atoms with van der Waals surface area (Å²) < 4.78 is 48.4. The van der Waals surface area contributed by atoms with Crippen LogP contribution in [0.1, 0.15) is 27.8 Å². The van der Waals surface area contributed by atoms with Crippen molar-refractivity contribution in [2.24, 2.45) is 0 Å². The summed E-state index contributed by atoms with van der Waals surface area (Å²) in [5, 5.41) is 43.9. The maximum Gasteiger partial charge on any atom is 0.416 e. The summed E-state index contributed by atoms with van der Waals surface area (Å²) in [6, 6.07) is 57.3. The molecule has 0 N–H and O–H groups in total. The summed E-state index contributed by atoms with van der Waals surface area (Å²) in [7, 11) is 0. The van der Waals surface area contributed by atoms with Gasteiger partial charge >= 0.3 is 6.18 Å². The molecule has 8 aromatic carbocycles. The van der Waals surface area contributed by atoms with Gasteiger partial charge in [-0.1, -0.05) is 84.9 Å². The maximum absolute atomic E-state index is 14.8. The van der Waals surface area contributed by atoms with E-state index in [0.29, 0.717) is 39.1 Å². The van der Waals surface area contributed by atoms with Crippen LogP contribution in [0.15, 0.2) is 164 Å². The molecule has 0 atom stereocenters. The molecule has 6 nitrogen and oxygen atoms in total. The zero-order valence-electron chi connectivity index (χ0n) is 32.4. The maximum atomic E-state index is 14.8. The van der Waals surface area contributed by atoms with Crippen LogP contribution in [0.25, 0.3) is 88.4 Å². The molecular weight excluding hydrogens is 778 g/mol. The normalized spacial score (nSPS) is 11.4. The minimum atomic E-state index is -4.78. The van der Waals surface area contributed by atoms with Crippen molar-refractivity contribution in [3.63, 3.8) is 0 Å². The predicted octanol–water partition coefficient (Wildman–Crippen LogP) is 13.4. The lowest BCUT2D eigenvalue weighted by molar-refractivity contribution is -0.137. The molecule has 2 heterocycles. The lowest BCUT2D eigenvalue weighted by Gasteiger charge is -2.22. The summed E-state index contributed by atoms with van der Waals surface area (Å²) in [5.74, 6) is 0. The molecule has 10 aromatic rings. The molecule has 0 aliphatic carbocycles. The van der Waals surface area contributed by atoms with E-state index >= 15 is 0 Å². The Balaban J connectivity index is 1.39. The molecule has 0 bridgehead atoms. The number of alkyl halides is 3. The van der Waals surface area contributed by atoms with Crippen molar-refractivity contribution in [3.8, 4) is 69.0 Å². The van der Waals surface area contributed by atoms with E-state index in [2.05, 4.69) is 18.2 Å². The van der Waals surface area contributed by atoms with E-state index in [4.69, 9.17) is 0 Å². The van der Waals surface area contributed by atoms with Crippen LogP contribution < -0.4 is 0 Å². The first-order chi connectivity index (χ1) is 30.2. The molecule has 10 rings (SSSR count). The van der Waals surface area contributed by atoms with Crippen molar-refractivity contribution in [1.29, 1.82) is 21.0 Å². The number of fused-ring (bicyclic) bond motifs is 6. The van der Waals surface area contributed by atoms with E-state index in [1.54, 1.807) is 36.4 Å². The van der Waals surface area contributed by atoms with Crippen LogP contribution in [0.4, 0.5) is 13.2 Å². The van der Waals surface area contributed by atoms with Gasteiger partial charge in [0.1, 0.15) is 0 Å². The highest BCUT2D eigenvalue weighted by molar-refractivity contribution is 6.13. The van der Waals surface area contributed by atoms with Gasteiger partial charge in [0.15, 0.2) is 0 Å². The Morgan fingerprint density at radius 1 is 0.355 bits per heavy atom. The van der Waals surface area contributed by atoms with Crippen molar-refractivity contribution >= 4 is 43.6 Å². The van der Waals surface area contributed by atoms with Crippen LogP contribution in [0.2, 0.25) is 0 Å². The molecule has 0 fully saturated rings. The molecule has 0 unspecified atom stereocenters. The van der Waals surface area contributed by atoms with Gasteiger partial charge in [-0.05, 0) is 107 Å². The van der Waals surface area contributed by atoms with Gasteiger partial charge in [-0.2, -0.15) is 34.2 Å². The zero-order chi connectivity index (χ0) is 42.7. The van der Waals surface area contributed by atoms with Gasteiger partial charge in [0.05, 0.1) is 85.5 Å². The van der Waals surface area contributed by atoms with E-state index in [9.17, 15) is 34.2 Å². The molecule has 0 amide bonds. The second kappa shape index (κ2) is 14.4. The van der Waals surface area contributed by atoms with Crippen molar-refractivity contribution < 1.29 is 13.2 Å². The molecule has 0 radical (unpaired) electrons. The number of nitriles is 4. The summed E-state index contributed by atoms with van der Waals surface area (Å²) in [5.41, 5.74) is 7.47. The number of rotatable bonds is 5. The van der Waals surface area contributed by atoms with E-state index in [0.717, 1.165) is 67.0 Å². The molecule has 0 saturated carbocycles. The fourth-order valence-corrected chi connectivity index (χ4v) is 8.68. The van der Waals surface area contributed by atoms with Crippen LogP contribution in [-0.4, -0.2) is 9.13 Å². The minimum absolute atomic E-state index is 0.124. The summed E-state index contributed by atoms with van der Waals surface area (Å²) in [6.45, 7) is 0. The molecule has 9 heteroatoms. The van der Waals surface area contributed by atoms with Crippen LogP contribution in [0, 0.1) is 45.3 Å². The van der Waals surface area contributed by atoms with E-state index in [-0.39, 0.29) is 16.7 Å². The summed E-state index contributed by atoms with van der Waals surface area (Å²) in [4.78, 5) is 0. The second-order valence-electron chi connectivity index (χ2n) is 15.0. The van der Waals surface area contributed by atoms with Crippen molar-refractivity contribution in [2.75, 3.05) is 0 Å². The third-order valence-electron chi connectivity index (χ3n) is 11.4. The van der Waals surface area contributed by atoms with Crippen LogP contribution in [0.3, 0.4) is 0 Å². The fourth-order valence-electron chi connectivity index (χ4n) is 8.68. The third-order valence-corrected chi connectivity index (χ3v) is 11.4. The zero-order valence-corrected chi connectivity index (χ0v) is 32.4. The fraction of sp³-hybridized carbons (Fsp3) is 0.0189. The number of halogens is 3. The number of aromatic nitrogens is 2. The number of hydrogen-bond donors (Lipinski definition) is 0. The average Bonchev–Trinajstić information content (AvgIpc) is 3.82. The monoisotopic (exact) mass is 804 g/mol. The average molecular weight is 805 g/mol. The first-order valence-electron chi connectivity index (χ1n) is 19.5. The van der Waals surface area contributed by atoms with E-state index < -0.39 is 11.7 Å². The van der Waals surface area contributed by atoms with Crippen LogP contribution in [-0.2, 0) is 6.18 Å². The molecule has 0 spiro atoms. The Kier molecular flexibility index (Phi) is 8.70. The van der Waals surface area contributed by atoms with Gasteiger partial charge in [-0.15, -0.1) is 0 Å². The van der Waals surface area contributed by atoms with Crippen LogP contribution >= 0.6 is 0 Å². The standard InChI is InChI=1S/C53H27F3N6/c54-53(55,56)41-22-34(30-59)21-40(25-41)52-50(61-46-13-3-1-11-42(46)44-17-15-38(26-48(44)61)36-9-5-7-32(19-36)28-57)23-35(31-60)24-51(52)62-47-14-4-2-12-43(47)45-18-16-39(27-49(45)62)37-10-6-8-33(20-37)29-58/h1-27H. The second-order valence-corrected chi connectivity index (χ2v) is 15.0. The molecule has 62 heavy (non-hydrogen) atoms. The third kappa shape index (κ3) is 6.09. The number of hydrogen-bond acceptors (Lipinski definition) is 4. The van der Waals surface area contributed by atoms with Crippen molar-refractivity contribution in [3.05, 3.63) is 192 Å². The molecule has 0 aliphatic rings. The Bertz CT molecular complexity index is 3500. The topological polar surface area (TPSA) is 105 Å². The van der Waals surface area contributed by atoms with E-state index in [1.807, 2.05) is 124 Å². The lowest BCUT2D eigenvalue weighted by atomic mass is 9.94. The Hall–Kier alpha value is -8.89. The lowest BCUT2D eigenvalue weighted by Crippen LogP contribution is -2.08. The largest absolute Gasteiger partial charge is 0.416 e. The number of nitrogens with zero attached hydrogens (tertiary/aromatic N) is 6. The molecule has 2 aromatic heterocycles. The smallest absolute Gasteiger partial charge is 0.308 e. The first-order valence-corrected chi connectivity index (χ1v) is 19.5. The van der Waals surface area contributed by atoms with Gasteiger partial charge in [0.25, 0.3) is 0 Å². The van der Waals surface area contributed by atoms with E-state index in [1.165, 1.54) is 6.07 Å². The Morgan fingerprint density at radius 2 is 0.774 bits per heavy atom. The predicted molar refractivity (Wildman–Crippen MR) is 235 cm³/mol. The molecule has 0 saturated heterocycles. The molecule has 290 valence electrons. The Morgan fingerprint density at radius 3 is 1.24 bits per heavy atom. The quantitative estimate of drug-likeness (QED) is 0.173. The highest BCUT2D eigenvalue weighted by atomic mass is 19.4. The number of benzene rings is 8. The highest BCUT2D eigenvalue weighted by Crippen LogP contribution is 2.45. The highest BCUT2D eigenvalue weighted by Gasteiger charge is 2.33. The Labute approximate surface area is 352 Å². The first kappa shape index (κ1) is 37.4. The summed E-state index contributed by atoms with van der Waals surface area (Å²) >= 11 is 0. The summed E-state index contributed by atoms with van der Waals surface area (Å²) in [6.07, 6.45) is -4.78. The van der Waals surface area contributed by atoms with Crippen LogP contribution in [0.5, 0.6) is 0 Å². The van der Waals surface area contributed by atoms with Gasteiger partial charge in [0.2, 0.25) is 0 Å². The molecular formula is C53H27F3N6. The molecule has 0 aliphatic heterocycles. The van der Waals surface area contributed by atoms with Gasteiger partial charge in [-0.25, -0.2) is 0 Å². The van der Waals surface area contributed by atoms with Gasteiger partial charge < -0.3 is 9.13 Å². The minimum Gasteiger partial charge on any atom is -0.308 e. The van der Waals surface area contributed by atoms with Crippen molar-refractivity contribution in [1.82, 2.24) is 9.13 Å². The van der Waals surface area contributed by atoms with Crippen molar-refractivity contribution in [2.45, 2.75) is 6.18 Å². The van der Waals surface area contributed by atoms with Gasteiger partial charge in [-0.3, -0.25) is 0 Å². The van der Waals surface area contributed by atoms with Gasteiger partial charge in [0, 0.05) is 27.1 Å². The number of para-hydroxylation sites is 2.